The van der Waals surface area contributed by atoms with Crippen LogP contribution in [0, 0.1) is 0 Å². The maximum absolute atomic E-state index is 12.8. The maximum atomic E-state index is 12.8. The van der Waals surface area contributed by atoms with Crippen molar-refractivity contribution in [2.24, 2.45) is 5.10 Å². The van der Waals surface area contributed by atoms with Crippen LogP contribution in [-0.4, -0.2) is 48.9 Å². The Kier molecular flexibility index (Phi) is 6.66. The fraction of sp³-hybridized carbons (Fsp3) is 0.130. The van der Waals surface area contributed by atoms with Crippen molar-refractivity contribution in [1.29, 1.82) is 0 Å². The quantitative estimate of drug-likeness (QED) is 0.497. The summed E-state index contributed by atoms with van der Waals surface area (Å²) in [5.41, 5.74) is 8.28. The average Bonchev–Trinajstić information content (AvgIpc) is 3.26. The van der Waals surface area contributed by atoms with E-state index in [-0.39, 0.29) is 16.8 Å². The molecule has 0 spiro atoms. The van der Waals surface area contributed by atoms with E-state index in [1.54, 1.807) is 48.7 Å². The van der Waals surface area contributed by atoms with Crippen molar-refractivity contribution in [1.82, 2.24) is 15.0 Å². The number of rotatable bonds is 7. The van der Waals surface area contributed by atoms with E-state index in [9.17, 15) is 13.2 Å². The summed E-state index contributed by atoms with van der Waals surface area (Å²) in [4.78, 5) is 20.6. The minimum atomic E-state index is -3.80. The molecule has 10 nitrogen and oxygen atoms in total. The van der Waals surface area contributed by atoms with Crippen molar-refractivity contribution < 1.29 is 17.9 Å². The van der Waals surface area contributed by atoms with Crippen molar-refractivity contribution in [3.8, 4) is 0 Å². The van der Waals surface area contributed by atoms with Crippen molar-refractivity contribution >= 4 is 33.8 Å². The molecular formula is C23H22N6O4S. The van der Waals surface area contributed by atoms with Gasteiger partial charge in [-0.1, -0.05) is 18.2 Å². The van der Waals surface area contributed by atoms with E-state index in [1.165, 1.54) is 36.6 Å². The second-order valence-corrected chi connectivity index (χ2v) is 9.02. The molecule has 0 fully saturated rings. The molecule has 3 aromatic rings. The Balaban J connectivity index is 1.43. The van der Waals surface area contributed by atoms with Gasteiger partial charge in [0.25, 0.3) is 15.9 Å². The largest absolute Gasteiger partial charge is 0.399 e. The molecule has 2 heterocycles. The number of sulfonamides is 1. The molecule has 0 saturated heterocycles. The van der Waals surface area contributed by atoms with Crippen LogP contribution >= 0.6 is 0 Å². The lowest BCUT2D eigenvalue weighted by molar-refractivity contribution is 0.0103. The van der Waals surface area contributed by atoms with Gasteiger partial charge in [0.15, 0.2) is 6.23 Å². The van der Waals surface area contributed by atoms with Gasteiger partial charge in [-0.05, 0) is 54.4 Å². The van der Waals surface area contributed by atoms with E-state index in [0.29, 0.717) is 23.2 Å². The topological polar surface area (TPSA) is 140 Å². The first-order chi connectivity index (χ1) is 16.4. The highest BCUT2D eigenvalue weighted by Crippen LogP contribution is 2.22. The number of nitrogens with one attached hydrogen (secondary N) is 1. The van der Waals surface area contributed by atoms with Crippen LogP contribution in [0.5, 0.6) is 0 Å². The number of anilines is 2. The predicted octanol–water partition coefficient (Wildman–Crippen LogP) is 2.44. The van der Waals surface area contributed by atoms with Crippen molar-refractivity contribution in [2.45, 2.75) is 17.5 Å². The lowest BCUT2D eigenvalue weighted by Gasteiger charge is -2.21. The lowest BCUT2D eigenvalue weighted by atomic mass is 10.1. The van der Waals surface area contributed by atoms with Gasteiger partial charge in [-0.3, -0.25) is 4.79 Å². The maximum Gasteiger partial charge on any atom is 0.276 e. The molecule has 11 heteroatoms. The first-order valence-corrected chi connectivity index (χ1v) is 11.7. The number of hydrogen-bond acceptors (Lipinski definition) is 8. The third-order valence-electron chi connectivity index (χ3n) is 5.03. The van der Waals surface area contributed by atoms with Gasteiger partial charge in [0, 0.05) is 36.3 Å². The molecule has 1 unspecified atom stereocenters. The Morgan fingerprint density at radius 3 is 2.44 bits per heavy atom. The molecule has 34 heavy (non-hydrogen) atoms. The molecule has 3 N–H and O–H groups in total. The fourth-order valence-electron chi connectivity index (χ4n) is 3.27. The Bertz CT molecular complexity index is 1320. The van der Waals surface area contributed by atoms with E-state index in [1.807, 2.05) is 6.08 Å². The number of benzene rings is 2. The summed E-state index contributed by atoms with van der Waals surface area (Å²) in [7, 11) is -2.30. The number of nitrogen functional groups attached to an aromatic ring is 1. The molecule has 4 rings (SSSR count). The van der Waals surface area contributed by atoms with Crippen LogP contribution in [0.25, 0.3) is 0 Å². The number of aromatic nitrogens is 2. The molecule has 2 aromatic carbocycles. The van der Waals surface area contributed by atoms with Gasteiger partial charge in [0.1, 0.15) is 0 Å². The number of nitrogens with zero attached hydrogens (tertiary/aromatic N) is 4. The predicted molar refractivity (Wildman–Crippen MR) is 127 cm³/mol. The van der Waals surface area contributed by atoms with Gasteiger partial charge >= 0.3 is 0 Å². The van der Waals surface area contributed by atoms with Crippen LogP contribution in [0.1, 0.15) is 15.9 Å². The summed E-state index contributed by atoms with van der Waals surface area (Å²) in [5, 5.41) is 5.47. The third-order valence-corrected chi connectivity index (χ3v) is 6.37. The van der Waals surface area contributed by atoms with E-state index in [0.717, 1.165) is 5.56 Å². The fourth-order valence-corrected chi connectivity index (χ4v) is 4.23. The van der Waals surface area contributed by atoms with Crippen LogP contribution < -0.4 is 10.5 Å². The number of ether oxygens (including phenoxy) is 1. The molecule has 0 bridgehead atoms. The summed E-state index contributed by atoms with van der Waals surface area (Å²) in [6.07, 6.45) is 6.18. The first kappa shape index (κ1) is 23.1. The summed E-state index contributed by atoms with van der Waals surface area (Å²) < 4.78 is 32.9. The number of amides is 1. The standard InChI is InChI=1S/C23H22N6O4S/c1-33-22-18(15-27-29(22)21(30)17-7-9-19(24)10-8-17)6-3-16-4-11-20(12-5-16)34(31,32)28-23-25-13-2-14-26-23/h2,4-15,22H,3,24H2,1H3,(H,25,26,28)/b18-6+. The van der Waals surface area contributed by atoms with E-state index in [2.05, 4.69) is 19.8 Å². The monoisotopic (exact) mass is 478 g/mol. The van der Waals surface area contributed by atoms with Crippen molar-refractivity contribution in [3.05, 3.63) is 89.8 Å². The number of carbonyl (C=O) groups is 1. The smallest absolute Gasteiger partial charge is 0.276 e. The number of allylic oxidation sites excluding steroid dienone is 1. The molecule has 0 aliphatic carbocycles. The third kappa shape index (κ3) is 5.11. The summed E-state index contributed by atoms with van der Waals surface area (Å²) in [6, 6.07) is 14.6. The zero-order valence-corrected chi connectivity index (χ0v) is 19.0. The second kappa shape index (κ2) is 9.81. The number of hydrogen-bond donors (Lipinski definition) is 2. The minimum absolute atomic E-state index is 0.000472. The Hall–Kier alpha value is -4.09. The Labute approximate surface area is 196 Å². The highest BCUT2D eigenvalue weighted by atomic mass is 32.2. The highest BCUT2D eigenvalue weighted by molar-refractivity contribution is 7.92. The molecule has 0 saturated carbocycles. The van der Waals surface area contributed by atoms with E-state index >= 15 is 0 Å². The SMILES string of the molecule is COC1/C(=C/Cc2ccc(S(=O)(=O)Nc3ncccn3)cc2)C=NN1C(=O)c1ccc(N)cc1. The summed E-state index contributed by atoms with van der Waals surface area (Å²) in [5.74, 6) is -0.309. The minimum Gasteiger partial charge on any atom is -0.399 e. The summed E-state index contributed by atoms with van der Waals surface area (Å²) in [6.45, 7) is 0. The molecule has 1 aliphatic heterocycles. The molecule has 1 aromatic heterocycles. The van der Waals surface area contributed by atoms with Crippen molar-refractivity contribution in [2.75, 3.05) is 17.6 Å². The van der Waals surface area contributed by atoms with Crippen molar-refractivity contribution in [3.63, 3.8) is 0 Å². The van der Waals surface area contributed by atoms with E-state index in [4.69, 9.17) is 10.5 Å². The van der Waals surface area contributed by atoms with Crippen LogP contribution in [-0.2, 0) is 21.2 Å². The van der Waals surface area contributed by atoms with Crippen LogP contribution in [0.3, 0.4) is 0 Å². The first-order valence-electron chi connectivity index (χ1n) is 10.2. The van der Waals surface area contributed by atoms with Crippen LogP contribution in [0.2, 0.25) is 0 Å². The van der Waals surface area contributed by atoms with Gasteiger partial charge in [-0.15, -0.1) is 0 Å². The number of carbonyl (C=O) groups excluding carboxylic acids is 1. The van der Waals surface area contributed by atoms with Gasteiger partial charge in [-0.2, -0.15) is 10.1 Å². The van der Waals surface area contributed by atoms with Gasteiger partial charge in [0.05, 0.1) is 11.1 Å². The number of nitrogens with two attached hydrogens (primary N) is 1. The molecular weight excluding hydrogens is 456 g/mol. The lowest BCUT2D eigenvalue weighted by Crippen LogP contribution is -2.35. The number of methoxy groups -OCH3 is 1. The Morgan fingerprint density at radius 1 is 1.12 bits per heavy atom. The Morgan fingerprint density at radius 2 is 1.79 bits per heavy atom. The zero-order chi connectivity index (χ0) is 24.1. The normalized spacial score (nSPS) is 16.7. The zero-order valence-electron chi connectivity index (χ0n) is 18.2. The van der Waals surface area contributed by atoms with Gasteiger partial charge in [-0.25, -0.2) is 23.1 Å². The molecule has 174 valence electrons. The second-order valence-electron chi connectivity index (χ2n) is 7.33. The molecule has 1 aliphatic rings. The molecule has 1 amide bonds. The highest BCUT2D eigenvalue weighted by Gasteiger charge is 2.31. The number of hydrazone groups is 1. The molecule has 1 atom stereocenters. The van der Waals surface area contributed by atoms with Gasteiger partial charge in [0.2, 0.25) is 5.95 Å². The van der Waals surface area contributed by atoms with Gasteiger partial charge < -0.3 is 10.5 Å². The summed E-state index contributed by atoms with van der Waals surface area (Å²) >= 11 is 0. The molecule has 0 radical (unpaired) electrons. The van der Waals surface area contributed by atoms with Crippen LogP contribution in [0.15, 0.2) is 88.6 Å². The average molecular weight is 479 g/mol. The van der Waals surface area contributed by atoms with E-state index < -0.39 is 16.3 Å². The van der Waals surface area contributed by atoms with Crippen LogP contribution in [0.4, 0.5) is 11.6 Å².